The van der Waals surface area contributed by atoms with Crippen LogP contribution in [0.2, 0.25) is 0 Å². The van der Waals surface area contributed by atoms with Gasteiger partial charge in [0, 0.05) is 12.8 Å². The van der Waals surface area contributed by atoms with Crippen LogP contribution in [0.25, 0.3) is 0 Å². The summed E-state index contributed by atoms with van der Waals surface area (Å²) in [4.78, 5) is 11.7. The molecule has 0 aliphatic heterocycles. The monoisotopic (exact) mass is 288 g/mol. The maximum absolute atomic E-state index is 11.7. The van der Waals surface area contributed by atoms with Gasteiger partial charge in [0.25, 0.3) is 0 Å². The number of ketones is 1. The average Bonchev–Trinajstić information content (AvgIpc) is 2.69. The molecule has 2 saturated carbocycles. The van der Waals surface area contributed by atoms with Crippen molar-refractivity contribution in [2.24, 2.45) is 23.2 Å². The molecule has 2 nitrogen and oxygen atoms in total. The van der Waals surface area contributed by atoms with Crippen LogP contribution in [0.5, 0.6) is 0 Å². The number of carbonyl (C=O) groups excluding carboxylic acids is 1. The third kappa shape index (κ3) is 1.84. The van der Waals surface area contributed by atoms with Crippen molar-refractivity contribution in [1.82, 2.24) is 0 Å². The van der Waals surface area contributed by atoms with E-state index in [0.29, 0.717) is 11.7 Å². The summed E-state index contributed by atoms with van der Waals surface area (Å²) in [5.74, 6) is 2.65. The summed E-state index contributed by atoms with van der Waals surface area (Å²) < 4.78 is 0. The van der Waals surface area contributed by atoms with Crippen molar-refractivity contribution >= 4 is 5.78 Å². The molecule has 4 rings (SSSR count). The molecule has 0 saturated heterocycles. The predicted octanol–water partition coefficient (Wildman–Crippen LogP) is 4.02. The smallest absolute Gasteiger partial charge is 0.137 e. The van der Waals surface area contributed by atoms with Gasteiger partial charge in [-0.2, -0.15) is 0 Å². The van der Waals surface area contributed by atoms with E-state index in [2.05, 4.69) is 13.8 Å². The Labute approximate surface area is 128 Å². The van der Waals surface area contributed by atoms with Crippen molar-refractivity contribution in [1.29, 1.82) is 0 Å². The first-order valence-electron chi connectivity index (χ1n) is 8.87. The zero-order valence-electron chi connectivity index (χ0n) is 13.5. The van der Waals surface area contributed by atoms with Crippen LogP contribution in [0.1, 0.15) is 71.6 Å². The Hall–Kier alpha value is -0.630. The van der Waals surface area contributed by atoms with E-state index in [1.54, 1.807) is 5.57 Å². The molecule has 21 heavy (non-hydrogen) atoms. The lowest BCUT2D eigenvalue weighted by molar-refractivity contribution is -0.119. The number of hydrogen-bond acceptors (Lipinski definition) is 2. The Bertz CT molecular complexity index is 516. The lowest BCUT2D eigenvalue weighted by Crippen LogP contribution is -2.50. The highest BCUT2D eigenvalue weighted by Gasteiger charge is 2.59. The second kappa shape index (κ2) is 4.44. The summed E-state index contributed by atoms with van der Waals surface area (Å²) in [6.45, 7) is 4.41. The molecule has 4 aliphatic rings. The van der Waals surface area contributed by atoms with E-state index in [4.69, 9.17) is 0 Å². The number of aliphatic hydroxyl groups is 1. The number of hydrogen-bond donors (Lipinski definition) is 1. The third-order valence-corrected chi connectivity index (χ3v) is 7.76. The quantitative estimate of drug-likeness (QED) is 0.683. The molecule has 2 heteroatoms. The molecule has 0 aromatic carbocycles. The largest absolute Gasteiger partial charge is 0.390 e. The van der Waals surface area contributed by atoms with Crippen LogP contribution in [0, 0.1) is 23.2 Å². The minimum absolute atomic E-state index is 0.122. The number of allylic oxidation sites excluding steroid dienone is 2. The standard InChI is InChI=1S/C19H28O2/c1-18-9-7-15-14-6-4-13(20)11-12(14)3-5-16(15)17(18)8-10-19(18,2)21/h15-17,21H,3-11H2,1-2H3/t15?,16?,17?,18?,19-/m0/s1. The first-order valence-corrected chi connectivity index (χ1v) is 8.87. The molecule has 0 bridgehead atoms. The van der Waals surface area contributed by atoms with Crippen molar-refractivity contribution in [3.8, 4) is 0 Å². The lowest BCUT2D eigenvalue weighted by Gasteiger charge is -2.53. The molecule has 0 amide bonds. The molecule has 4 unspecified atom stereocenters. The fourth-order valence-corrected chi connectivity index (χ4v) is 6.29. The van der Waals surface area contributed by atoms with Crippen LogP contribution in [0.4, 0.5) is 0 Å². The first kappa shape index (κ1) is 14.0. The van der Waals surface area contributed by atoms with Crippen LogP contribution in [0.15, 0.2) is 11.1 Å². The Morgan fingerprint density at radius 3 is 2.67 bits per heavy atom. The highest BCUT2D eigenvalue weighted by Crippen LogP contribution is 2.64. The van der Waals surface area contributed by atoms with Gasteiger partial charge in [0.1, 0.15) is 5.78 Å². The predicted molar refractivity (Wildman–Crippen MR) is 82.8 cm³/mol. The van der Waals surface area contributed by atoms with Crippen molar-refractivity contribution in [2.45, 2.75) is 77.2 Å². The van der Waals surface area contributed by atoms with E-state index in [1.807, 2.05) is 0 Å². The number of fused-ring (bicyclic) bond motifs is 4. The van der Waals surface area contributed by atoms with Gasteiger partial charge >= 0.3 is 0 Å². The van der Waals surface area contributed by atoms with Gasteiger partial charge in [-0.15, -0.1) is 0 Å². The fraction of sp³-hybridized carbons (Fsp3) is 0.842. The van der Waals surface area contributed by atoms with Crippen LogP contribution < -0.4 is 0 Å². The zero-order chi connectivity index (χ0) is 14.8. The summed E-state index contributed by atoms with van der Waals surface area (Å²) in [6, 6.07) is 0. The number of Topliss-reactive ketones (excluding diaryl/α,β-unsaturated/α-hetero) is 1. The minimum Gasteiger partial charge on any atom is -0.390 e. The van der Waals surface area contributed by atoms with Crippen molar-refractivity contribution in [2.75, 3.05) is 0 Å². The van der Waals surface area contributed by atoms with E-state index in [9.17, 15) is 9.90 Å². The van der Waals surface area contributed by atoms with Gasteiger partial charge in [0.15, 0.2) is 0 Å². The van der Waals surface area contributed by atoms with E-state index in [0.717, 1.165) is 50.4 Å². The number of rotatable bonds is 0. The summed E-state index contributed by atoms with van der Waals surface area (Å²) in [5.41, 5.74) is 2.82. The Morgan fingerprint density at radius 1 is 1.05 bits per heavy atom. The maximum Gasteiger partial charge on any atom is 0.137 e. The van der Waals surface area contributed by atoms with Crippen LogP contribution in [-0.2, 0) is 4.79 Å². The van der Waals surface area contributed by atoms with Crippen molar-refractivity contribution in [3.05, 3.63) is 11.1 Å². The Morgan fingerprint density at radius 2 is 1.86 bits per heavy atom. The SMILES string of the molecule is CC12CCC3C4=C(CCC3C1CC[C@]2(C)O)CC(=O)CC4. The van der Waals surface area contributed by atoms with Crippen LogP contribution in [0.3, 0.4) is 0 Å². The molecule has 0 radical (unpaired) electrons. The molecule has 0 spiro atoms. The zero-order valence-corrected chi connectivity index (χ0v) is 13.5. The van der Waals surface area contributed by atoms with Gasteiger partial charge in [0.05, 0.1) is 5.60 Å². The summed E-state index contributed by atoms with van der Waals surface area (Å²) >= 11 is 0. The summed E-state index contributed by atoms with van der Waals surface area (Å²) in [6.07, 6.45) is 9.55. The molecule has 1 N–H and O–H groups in total. The normalized spacial score (nSPS) is 49.7. The van der Waals surface area contributed by atoms with E-state index >= 15 is 0 Å². The Balaban J connectivity index is 1.66. The topological polar surface area (TPSA) is 37.3 Å². The second-order valence-corrected chi connectivity index (χ2v) is 8.53. The van der Waals surface area contributed by atoms with Crippen LogP contribution >= 0.6 is 0 Å². The van der Waals surface area contributed by atoms with E-state index in [1.165, 1.54) is 24.8 Å². The molecular weight excluding hydrogens is 260 g/mol. The average molecular weight is 288 g/mol. The molecular formula is C19H28O2. The molecule has 116 valence electrons. The third-order valence-electron chi connectivity index (χ3n) is 7.76. The lowest BCUT2D eigenvalue weighted by atomic mass is 9.52. The van der Waals surface area contributed by atoms with Gasteiger partial charge in [-0.25, -0.2) is 0 Å². The molecule has 5 atom stereocenters. The minimum atomic E-state index is -0.472. The van der Waals surface area contributed by atoms with Gasteiger partial charge in [-0.3, -0.25) is 4.79 Å². The van der Waals surface area contributed by atoms with E-state index in [-0.39, 0.29) is 5.41 Å². The van der Waals surface area contributed by atoms with E-state index < -0.39 is 5.60 Å². The molecule has 4 aliphatic carbocycles. The molecule has 0 heterocycles. The Kier molecular flexibility index (Phi) is 2.96. The highest BCUT2D eigenvalue weighted by molar-refractivity contribution is 5.82. The number of carbonyl (C=O) groups is 1. The first-order chi connectivity index (χ1) is 9.92. The molecule has 2 fully saturated rings. The second-order valence-electron chi connectivity index (χ2n) is 8.53. The maximum atomic E-state index is 11.7. The molecule has 0 aromatic rings. The summed E-state index contributed by atoms with van der Waals surface area (Å²) in [7, 11) is 0. The highest BCUT2D eigenvalue weighted by atomic mass is 16.3. The van der Waals surface area contributed by atoms with Gasteiger partial charge in [-0.05, 0) is 75.0 Å². The fourth-order valence-electron chi connectivity index (χ4n) is 6.29. The van der Waals surface area contributed by atoms with Gasteiger partial charge in [0.2, 0.25) is 0 Å². The van der Waals surface area contributed by atoms with Crippen LogP contribution in [-0.4, -0.2) is 16.5 Å². The molecule has 0 aromatic heterocycles. The van der Waals surface area contributed by atoms with Crippen molar-refractivity contribution < 1.29 is 9.90 Å². The summed E-state index contributed by atoms with van der Waals surface area (Å²) in [5, 5.41) is 10.8. The van der Waals surface area contributed by atoms with Gasteiger partial charge < -0.3 is 5.11 Å². The van der Waals surface area contributed by atoms with Crippen molar-refractivity contribution in [3.63, 3.8) is 0 Å². The van der Waals surface area contributed by atoms with Gasteiger partial charge in [-0.1, -0.05) is 18.1 Å².